The summed E-state index contributed by atoms with van der Waals surface area (Å²) in [5, 5.41) is 10.0. The highest BCUT2D eigenvalue weighted by atomic mass is 19.4. The number of halogens is 3. The number of carbonyl (C=O) groups excluding carboxylic acids is 2. The lowest BCUT2D eigenvalue weighted by Crippen LogP contribution is -2.36. The van der Waals surface area contributed by atoms with Crippen LogP contribution in [0.5, 0.6) is 0 Å². The van der Waals surface area contributed by atoms with Gasteiger partial charge in [0.2, 0.25) is 17.8 Å². The molecule has 1 aliphatic rings. The minimum atomic E-state index is -4.78. The maximum absolute atomic E-state index is 12.8. The average Bonchev–Trinajstić information content (AvgIpc) is 3.05. The number of rotatable bonds is 2. The van der Waals surface area contributed by atoms with E-state index in [9.17, 15) is 22.8 Å². The lowest BCUT2D eigenvalue weighted by atomic mass is 10.1. The zero-order chi connectivity index (χ0) is 19.2. The predicted octanol–water partition coefficient (Wildman–Crippen LogP) is 2.97. The van der Waals surface area contributed by atoms with E-state index < -0.39 is 35.8 Å². The Morgan fingerprint density at radius 2 is 1.93 bits per heavy atom. The van der Waals surface area contributed by atoms with Crippen molar-refractivity contribution in [3.05, 3.63) is 48.3 Å². The smallest absolute Gasteiger partial charge is 0.324 e. The fourth-order valence-electron chi connectivity index (χ4n) is 2.88. The van der Waals surface area contributed by atoms with E-state index in [0.29, 0.717) is 5.69 Å². The van der Waals surface area contributed by atoms with Crippen LogP contribution in [-0.2, 0) is 15.8 Å². The van der Waals surface area contributed by atoms with Gasteiger partial charge in [-0.25, -0.2) is 4.68 Å². The van der Waals surface area contributed by atoms with Crippen LogP contribution in [0.2, 0.25) is 0 Å². The van der Waals surface area contributed by atoms with Crippen LogP contribution < -0.4 is 10.6 Å². The van der Waals surface area contributed by atoms with E-state index in [1.54, 1.807) is 18.2 Å². The Hall–Kier alpha value is -3.43. The molecule has 0 aliphatic carbocycles. The van der Waals surface area contributed by atoms with E-state index in [1.807, 2.05) is 24.3 Å². The summed E-state index contributed by atoms with van der Waals surface area (Å²) in [5.74, 6) is -3.08. The molecule has 7 nitrogen and oxygen atoms in total. The third-order valence-corrected chi connectivity index (χ3v) is 4.13. The van der Waals surface area contributed by atoms with Crippen LogP contribution in [0.1, 0.15) is 18.3 Å². The number of aromatic nitrogens is 3. The molecule has 2 aromatic carbocycles. The van der Waals surface area contributed by atoms with Crippen molar-refractivity contribution in [2.75, 3.05) is 10.6 Å². The van der Waals surface area contributed by atoms with Gasteiger partial charge in [-0.05, 0) is 22.9 Å². The van der Waals surface area contributed by atoms with Crippen LogP contribution in [-0.4, -0.2) is 26.6 Å². The molecule has 138 valence electrons. The van der Waals surface area contributed by atoms with Gasteiger partial charge in [0.05, 0.1) is 6.42 Å². The second-order valence-corrected chi connectivity index (χ2v) is 6.02. The first kappa shape index (κ1) is 17.0. The van der Waals surface area contributed by atoms with E-state index in [2.05, 4.69) is 20.7 Å². The highest BCUT2D eigenvalue weighted by molar-refractivity contribution is 6.01. The molecule has 27 heavy (non-hydrogen) atoms. The van der Waals surface area contributed by atoms with Gasteiger partial charge in [-0.1, -0.05) is 30.3 Å². The average molecular weight is 375 g/mol. The molecule has 0 spiro atoms. The van der Waals surface area contributed by atoms with E-state index in [4.69, 9.17) is 0 Å². The Morgan fingerprint density at radius 1 is 1.19 bits per heavy atom. The largest absolute Gasteiger partial charge is 0.453 e. The maximum Gasteiger partial charge on any atom is 0.453 e. The van der Waals surface area contributed by atoms with Crippen LogP contribution >= 0.6 is 0 Å². The Morgan fingerprint density at radius 3 is 2.67 bits per heavy atom. The van der Waals surface area contributed by atoms with E-state index in [1.165, 1.54) is 0 Å². The van der Waals surface area contributed by atoms with Crippen LogP contribution in [0, 0.1) is 0 Å². The zero-order valence-corrected chi connectivity index (χ0v) is 13.6. The molecule has 0 saturated carbocycles. The minimum absolute atomic E-state index is 0.340. The molecule has 1 atom stereocenters. The number of hydrogen-bond acceptors (Lipinski definition) is 4. The highest BCUT2D eigenvalue weighted by Gasteiger charge is 2.41. The van der Waals surface area contributed by atoms with Crippen LogP contribution in [0.4, 0.5) is 24.8 Å². The lowest BCUT2D eigenvalue weighted by Gasteiger charge is -2.22. The van der Waals surface area contributed by atoms with Gasteiger partial charge in [0.15, 0.2) is 0 Å². The first-order chi connectivity index (χ1) is 12.8. The number of nitrogens with zero attached hydrogens (tertiary/aromatic N) is 3. The molecule has 3 aromatic rings. The summed E-state index contributed by atoms with van der Waals surface area (Å²) in [5.41, 5.74) is 0.461. The van der Waals surface area contributed by atoms with Crippen molar-refractivity contribution < 1.29 is 22.8 Å². The Bertz CT molecular complexity index is 1060. The van der Waals surface area contributed by atoms with Crippen molar-refractivity contribution in [1.29, 1.82) is 0 Å². The Kier molecular flexibility index (Phi) is 3.83. The molecule has 0 saturated heterocycles. The number of carbonyl (C=O) groups is 2. The summed E-state index contributed by atoms with van der Waals surface area (Å²) in [6, 6.07) is 11.5. The summed E-state index contributed by atoms with van der Waals surface area (Å²) < 4.78 is 39.3. The SMILES string of the molecule is O=C1C[C@@H](C(=O)Nc2ccc3ccccc3c2)n2nc(C(F)(F)F)nc2N1. The third-order valence-electron chi connectivity index (χ3n) is 4.13. The van der Waals surface area contributed by atoms with E-state index in [0.717, 1.165) is 15.5 Å². The molecule has 2 heterocycles. The van der Waals surface area contributed by atoms with Gasteiger partial charge in [-0.2, -0.15) is 18.2 Å². The second-order valence-electron chi connectivity index (χ2n) is 6.02. The monoisotopic (exact) mass is 375 g/mol. The van der Waals surface area contributed by atoms with Gasteiger partial charge in [0.1, 0.15) is 6.04 Å². The van der Waals surface area contributed by atoms with Gasteiger partial charge < -0.3 is 5.32 Å². The van der Waals surface area contributed by atoms with Gasteiger partial charge >= 0.3 is 6.18 Å². The fourth-order valence-corrected chi connectivity index (χ4v) is 2.88. The van der Waals surface area contributed by atoms with Gasteiger partial charge in [-0.3, -0.25) is 14.9 Å². The normalized spacial score (nSPS) is 16.7. The summed E-state index contributed by atoms with van der Waals surface area (Å²) in [4.78, 5) is 27.7. The summed E-state index contributed by atoms with van der Waals surface area (Å²) >= 11 is 0. The number of amides is 2. The molecule has 0 unspecified atom stereocenters. The van der Waals surface area contributed by atoms with Crippen molar-refractivity contribution in [3.63, 3.8) is 0 Å². The van der Waals surface area contributed by atoms with Crippen molar-refractivity contribution in [3.8, 4) is 0 Å². The topological polar surface area (TPSA) is 88.9 Å². The maximum atomic E-state index is 12.8. The summed E-state index contributed by atoms with van der Waals surface area (Å²) in [7, 11) is 0. The van der Waals surface area contributed by atoms with Gasteiger partial charge in [0.25, 0.3) is 5.82 Å². The number of nitrogens with one attached hydrogen (secondary N) is 2. The lowest BCUT2D eigenvalue weighted by molar-refractivity contribution is -0.145. The zero-order valence-electron chi connectivity index (χ0n) is 13.6. The Balaban J connectivity index is 1.63. The van der Waals surface area contributed by atoms with Crippen LogP contribution in [0.15, 0.2) is 42.5 Å². The molecular formula is C17H12F3N5O2. The quantitative estimate of drug-likeness (QED) is 0.721. The highest BCUT2D eigenvalue weighted by Crippen LogP contribution is 2.31. The van der Waals surface area contributed by atoms with Crippen molar-refractivity contribution >= 4 is 34.2 Å². The molecule has 0 bridgehead atoms. The van der Waals surface area contributed by atoms with Crippen molar-refractivity contribution in [1.82, 2.24) is 14.8 Å². The molecule has 0 fully saturated rings. The Labute approximate surface area is 150 Å². The molecule has 4 rings (SSSR count). The minimum Gasteiger partial charge on any atom is -0.324 e. The molecule has 1 aromatic heterocycles. The third kappa shape index (κ3) is 3.21. The van der Waals surface area contributed by atoms with Gasteiger partial charge in [0, 0.05) is 5.69 Å². The number of alkyl halides is 3. The van der Waals surface area contributed by atoms with Crippen LogP contribution in [0.3, 0.4) is 0 Å². The van der Waals surface area contributed by atoms with E-state index in [-0.39, 0.29) is 6.42 Å². The van der Waals surface area contributed by atoms with E-state index >= 15 is 0 Å². The standard InChI is InChI=1S/C17H12F3N5O2/c18-17(19,20)15-23-16-22-13(26)8-12(25(16)24-15)14(27)21-11-6-5-9-3-1-2-4-10(9)7-11/h1-7,12H,8H2,(H,21,27)(H,22,23,24,26)/t12-/m0/s1. The van der Waals surface area contributed by atoms with Crippen molar-refractivity contribution in [2.24, 2.45) is 0 Å². The molecule has 10 heteroatoms. The summed E-state index contributed by atoms with van der Waals surface area (Å²) in [6.07, 6.45) is -5.12. The molecule has 1 aliphatic heterocycles. The summed E-state index contributed by atoms with van der Waals surface area (Å²) in [6.45, 7) is 0. The number of anilines is 2. The second kappa shape index (κ2) is 6.08. The number of fused-ring (bicyclic) bond motifs is 2. The first-order valence-electron chi connectivity index (χ1n) is 7.94. The molecular weight excluding hydrogens is 363 g/mol. The van der Waals surface area contributed by atoms with Gasteiger partial charge in [-0.15, -0.1) is 5.10 Å². The van der Waals surface area contributed by atoms with Crippen LogP contribution in [0.25, 0.3) is 10.8 Å². The fraction of sp³-hybridized carbons (Fsp3) is 0.176. The number of benzene rings is 2. The number of hydrogen-bond donors (Lipinski definition) is 2. The first-order valence-corrected chi connectivity index (χ1v) is 7.94. The molecule has 0 radical (unpaired) electrons. The predicted molar refractivity (Wildman–Crippen MR) is 89.9 cm³/mol. The molecule has 2 N–H and O–H groups in total. The molecule has 2 amide bonds. The van der Waals surface area contributed by atoms with Crippen molar-refractivity contribution in [2.45, 2.75) is 18.6 Å².